The van der Waals surface area contributed by atoms with Gasteiger partial charge in [-0.05, 0) is 60.2 Å². The summed E-state index contributed by atoms with van der Waals surface area (Å²) in [6.07, 6.45) is 13.1. The molecule has 4 aliphatic carbocycles. The average Bonchev–Trinajstić information content (AvgIpc) is 3.04. The van der Waals surface area contributed by atoms with Gasteiger partial charge in [-0.15, -0.1) is 0 Å². The SMILES string of the molecule is BrCCC1[C@H]2C=C[C@@H]3C(CCBr)[C@@H]4C=C[C@H]1C4C23. The fourth-order valence-electron chi connectivity index (χ4n) is 5.81. The Balaban J connectivity index is 1.68. The zero-order valence-corrected chi connectivity index (χ0v) is 13.7. The lowest BCUT2D eigenvalue weighted by Gasteiger charge is -2.24. The van der Waals surface area contributed by atoms with Crippen LogP contribution >= 0.6 is 31.9 Å². The number of rotatable bonds is 4. The predicted octanol–water partition coefficient (Wildman–Crippen LogP) is 4.65. The molecule has 4 aliphatic rings. The first kappa shape index (κ1) is 12.2. The third-order valence-corrected chi connectivity index (χ3v) is 7.11. The summed E-state index contributed by atoms with van der Waals surface area (Å²) in [6, 6.07) is 0. The Morgan fingerprint density at radius 3 is 1.22 bits per heavy atom. The van der Waals surface area contributed by atoms with Crippen molar-refractivity contribution in [2.75, 3.05) is 10.7 Å². The van der Waals surface area contributed by atoms with Crippen LogP contribution in [0, 0.1) is 47.3 Å². The maximum Gasteiger partial charge on any atom is 0.00343 e. The van der Waals surface area contributed by atoms with Gasteiger partial charge in [0.05, 0.1) is 0 Å². The molecular weight excluding hydrogens is 352 g/mol. The van der Waals surface area contributed by atoms with Crippen LogP contribution in [0.5, 0.6) is 0 Å². The van der Waals surface area contributed by atoms with Gasteiger partial charge in [-0.3, -0.25) is 0 Å². The molecule has 0 amide bonds. The van der Waals surface area contributed by atoms with E-state index in [1.807, 2.05) is 0 Å². The predicted molar refractivity (Wildman–Crippen MR) is 83.0 cm³/mol. The molecule has 2 saturated carbocycles. The Hall–Kier alpha value is 0.440. The lowest BCUT2D eigenvalue weighted by molar-refractivity contribution is 0.287. The van der Waals surface area contributed by atoms with Crippen LogP contribution in [0.3, 0.4) is 0 Å². The van der Waals surface area contributed by atoms with E-state index >= 15 is 0 Å². The standard InChI is InChI=1S/C16H20Br2/c17-7-5-9-11-1-2-12-10(6-8-18)14-4-3-13(9)16(14)15(11)12/h1-4,9-16H,5-8H2/t9?,10?,11-,12-,13-,14+,15?,16?/m1/s1. The van der Waals surface area contributed by atoms with Crippen molar-refractivity contribution >= 4 is 31.9 Å². The van der Waals surface area contributed by atoms with Crippen molar-refractivity contribution in [2.45, 2.75) is 12.8 Å². The van der Waals surface area contributed by atoms with Crippen molar-refractivity contribution in [2.24, 2.45) is 47.3 Å². The van der Waals surface area contributed by atoms with E-state index in [1.54, 1.807) is 0 Å². The molecule has 2 fully saturated rings. The van der Waals surface area contributed by atoms with Gasteiger partial charge >= 0.3 is 0 Å². The highest BCUT2D eigenvalue weighted by molar-refractivity contribution is 9.09. The summed E-state index contributed by atoms with van der Waals surface area (Å²) in [5.41, 5.74) is 0. The average molecular weight is 372 g/mol. The van der Waals surface area contributed by atoms with Crippen LogP contribution in [0.15, 0.2) is 24.3 Å². The molecule has 4 rings (SSSR count). The molecule has 0 aromatic carbocycles. The molecule has 0 radical (unpaired) electrons. The van der Waals surface area contributed by atoms with Crippen LogP contribution in [0.4, 0.5) is 0 Å². The number of alkyl halides is 2. The molecule has 0 saturated heterocycles. The van der Waals surface area contributed by atoms with E-state index in [0.717, 1.165) is 47.3 Å². The van der Waals surface area contributed by atoms with Crippen molar-refractivity contribution in [1.29, 1.82) is 0 Å². The monoisotopic (exact) mass is 370 g/mol. The fourth-order valence-corrected chi connectivity index (χ4v) is 6.87. The Morgan fingerprint density at radius 1 is 0.611 bits per heavy atom. The first-order valence-electron chi connectivity index (χ1n) is 7.35. The zero-order chi connectivity index (χ0) is 12.3. The summed E-state index contributed by atoms with van der Waals surface area (Å²) in [5.74, 6) is 7.42. The largest absolute Gasteiger partial charge is 0.0928 e. The second kappa shape index (κ2) is 4.48. The number of halogens is 2. The minimum atomic E-state index is 0.898. The van der Waals surface area contributed by atoms with E-state index in [9.17, 15) is 0 Å². The number of allylic oxidation sites excluding steroid dienone is 4. The van der Waals surface area contributed by atoms with E-state index in [1.165, 1.54) is 23.5 Å². The zero-order valence-electron chi connectivity index (χ0n) is 10.5. The quantitative estimate of drug-likeness (QED) is 0.498. The van der Waals surface area contributed by atoms with Gasteiger partial charge < -0.3 is 0 Å². The molecule has 98 valence electrons. The van der Waals surface area contributed by atoms with Gasteiger partial charge in [-0.1, -0.05) is 56.2 Å². The van der Waals surface area contributed by atoms with Crippen LogP contribution in [0.2, 0.25) is 0 Å². The number of hydrogen-bond donors (Lipinski definition) is 0. The third kappa shape index (κ3) is 1.43. The van der Waals surface area contributed by atoms with Gasteiger partial charge in [0.25, 0.3) is 0 Å². The van der Waals surface area contributed by atoms with Crippen LogP contribution in [-0.4, -0.2) is 10.7 Å². The lowest BCUT2D eigenvalue weighted by Crippen LogP contribution is -2.19. The van der Waals surface area contributed by atoms with Crippen LogP contribution < -0.4 is 0 Å². The Bertz CT molecular complexity index is 334. The molecular formula is C16H20Br2. The Labute approximate surface area is 127 Å². The highest BCUT2D eigenvalue weighted by Gasteiger charge is 2.63. The van der Waals surface area contributed by atoms with Crippen molar-refractivity contribution in [3.05, 3.63) is 24.3 Å². The van der Waals surface area contributed by atoms with Crippen molar-refractivity contribution < 1.29 is 0 Å². The fraction of sp³-hybridized carbons (Fsp3) is 0.750. The summed E-state index contributed by atoms with van der Waals surface area (Å²) in [7, 11) is 0. The first-order valence-corrected chi connectivity index (χ1v) is 9.59. The maximum atomic E-state index is 3.66. The highest BCUT2D eigenvalue weighted by atomic mass is 79.9. The molecule has 0 aromatic heterocycles. The third-order valence-electron chi connectivity index (χ3n) is 6.20. The smallest absolute Gasteiger partial charge is 0.00343 e. The van der Waals surface area contributed by atoms with Gasteiger partial charge in [0.15, 0.2) is 0 Å². The van der Waals surface area contributed by atoms with Crippen LogP contribution in [0.1, 0.15) is 12.8 Å². The second-order valence-electron chi connectivity index (χ2n) is 6.52. The van der Waals surface area contributed by atoms with Crippen molar-refractivity contribution in [3.63, 3.8) is 0 Å². The van der Waals surface area contributed by atoms with Gasteiger partial charge in [0.1, 0.15) is 0 Å². The van der Waals surface area contributed by atoms with E-state index < -0.39 is 0 Å². The highest BCUT2D eigenvalue weighted by Crippen LogP contribution is 2.68. The molecule has 2 heteroatoms. The summed E-state index contributed by atoms with van der Waals surface area (Å²) in [4.78, 5) is 0. The van der Waals surface area contributed by atoms with Gasteiger partial charge in [0, 0.05) is 10.7 Å². The molecule has 0 heterocycles. The summed E-state index contributed by atoms with van der Waals surface area (Å²) in [5, 5.41) is 2.35. The molecule has 0 aromatic rings. The van der Waals surface area contributed by atoms with Gasteiger partial charge in [-0.2, -0.15) is 0 Å². The minimum Gasteiger partial charge on any atom is -0.0928 e. The van der Waals surface area contributed by atoms with Crippen LogP contribution in [-0.2, 0) is 0 Å². The van der Waals surface area contributed by atoms with E-state index in [2.05, 4.69) is 56.2 Å². The van der Waals surface area contributed by atoms with Gasteiger partial charge in [-0.25, -0.2) is 0 Å². The second-order valence-corrected chi connectivity index (χ2v) is 8.10. The van der Waals surface area contributed by atoms with E-state index in [0.29, 0.717) is 0 Å². The topological polar surface area (TPSA) is 0 Å². The minimum absolute atomic E-state index is 0.898. The van der Waals surface area contributed by atoms with Crippen LogP contribution in [0.25, 0.3) is 0 Å². The molecule has 0 N–H and O–H groups in total. The van der Waals surface area contributed by atoms with E-state index in [4.69, 9.17) is 0 Å². The molecule has 8 atom stereocenters. The van der Waals surface area contributed by atoms with Crippen molar-refractivity contribution in [1.82, 2.24) is 0 Å². The summed E-state index contributed by atoms with van der Waals surface area (Å²) < 4.78 is 0. The molecule has 0 bridgehead atoms. The van der Waals surface area contributed by atoms with Gasteiger partial charge in [0.2, 0.25) is 0 Å². The molecule has 4 unspecified atom stereocenters. The Morgan fingerprint density at radius 2 is 0.944 bits per heavy atom. The van der Waals surface area contributed by atoms with E-state index in [-0.39, 0.29) is 0 Å². The first-order chi connectivity index (χ1) is 8.86. The summed E-state index contributed by atoms with van der Waals surface area (Å²) >= 11 is 7.32. The normalized spacial score (nSPS) is 54.6. The molecule has 0 aliphatic heterocycles. The molecule has 0 nitrogen and oxygen atoms in total. The molecule has 0 spiro atoms. The molecule has 18 heavy (non-hydrogen) atoms. The Kier molecular flexibility index (Phi) is 3.04. The summed E-state index contributed by atoms with van der Waals surface area (Å²) in [6.45, 7) is 0. The van der Waals surface area contributed by atoms with Crippen molar-refractivity contribution in [3.8, 4) is 0 Å². The lowest BCUT2D eigenvalue weighted by atomic mass is 9.81. The maximum absolute atomic E-state index is 3.66. The number of hydrogen-bond acceptors (Lipinski definition) is 0.